The van der Waals surface area contributed by atoms with Crippen LogP contribution in [0.25, 0.3) is 0 Å². The first kappa shape index (κ1) is 17.7. The van der Waals surface area contributed by atoms with Gasteiger partial charge in [-0.3, -0.25) is 19.4 Å². The molecule has 0 aromatic rings. The Balaban J connectivity index is 0.000000882. The predicted octanol–water partition coefficient (Wildman–Crippen LogP) is -6.29. The van der Waals surface area contributed by atoms with E-state index in [2.05, 4.69) is 22.4 Å². The summed E-state index contributed by atoms with van der Waals surface area (Å²) in [5.74, 6) is 0.747. The van der Waals surface area contributed by atoms with Crippen molar-refractivity contribution in [3.63, 3.8) is 0 Å². The Kier molecular flexibility index (Phi) is 5.54. The lowest BCUT2D eigenvalue weighted by Gasteiger charge is -2.28. The molecule has 4 atom stereocenters. The Morgan fingerprint density at radius 2 is 1.50 bits per heavy atom. The van der Waals surface area contributed by atoms with E-state index >= 15 is 0 Å². The van der Waals surface area contributed by atoms with Gasteiger partial charge in [0.05, 0.1) is 11.8 Å². The number of nitrogens with zero attached hydrogens (tertiary/aromatic N) is 2. The van der Waals surface area contributed by atoms with E-state index in [1.807, 2.05) is 0 Å². The summed E-state index contributed by atoms with van der Waals surface area (Å²) in [6, 6.07) is 0. The maximum atomic E-state index is 12.5. The van der Waals surface area contributed by atoms with Gasteiger partial charge in [0.25, 0.3) is 0 Å². The number of piperazine rings is 1. The van der Waals surface area contributed by atoms with E-state index in [0.29, 0.717) is 18.4 Å². The molecule has 5 nitrogen and oxygen atoms in total. The van der Waals surface area contributed by atoms with Crippen molar-refractivity contribution in [2.75, 3.05) is 39.3 Å². The summed E-state index contributed by atoms with van der Waals surface area (Å²) < 4.78 is 0. The van der Waals surface area contributed by atoms with Gasteiger partial charge < -0.3 is 30.1 Å². The van der Waals surface area contributed by atoms with Gasteiger partial charge in [0.2, 0.25) is 11.8 Å². The topological polar surface area (TPSA) is 52.7 Å². The lowest BCUT2D eigenvalue weighted by Crippen LogP contribution is -3.00. The summed E-state index contributed by atoms with van der Waals surface area (Å²) in [7, 11) is 0. The van der Waals surface area contributed by atoms with Gasteiger partial charge in [-0.25, -0.2) is 0 Å². The van der Waals surface area contributed by atoms with Gasteiger partial charge in [-0.1, -0.05) is 12.2 Å². The molecule has 0 aromatic heterocycles. The highest BCUT2D eigenvalue weighted by atomic mass is 35.5. The molecule has 4 aliphatic rings. The third-order valence-corrected chi connectivity index (χ3v) is 5.41. The lowest BCUT2D eigenvalue weighted by molar-refractivity contribution is -0.140. The fourth-order valence-corrected chi connectivity index (χ4v) is 4.36. The zero-order chi connectivity index (χ0) is 13.7. The van der Waals surface area contributed by atoms with Gasteiger partial charge in [0, 0.05) is 39.3 Å². The molecule has 0 radical (unpaired) electrons. The SMILES string of the molecule is O=C1C2C3C=CC(C3)C2C(=O)N1CCN1CCNCC1.[Cl-].[Cl-]. The number of nitrogens with one attached hydrogen (secondary N) is 1. The van der Waals surface area contributed by atoms with Crippen molar-refractivity contribution in [1.29, 1.82) is 0 Å². The second kappa shape index (κ2) is 6.87. The van der Waals surface area contributed by atoms with Gasteiger partial charge in [-0.05, 0) is 18.3 Å². The molecule has 3 fully saturated rings. The van der Waals surface area contributed by atoms with Crippen molar-refractivity contribution in [1.82, 2.24) is 15.1 Å². The lowest BCUT2D eigenvalue weighted by atomic mass is 9.85. The summed E-state index contributed by atoms with van der Waals surface area (Å²) >= 11 is 0. The number of rotatable bonds is 3. The number of allylic oxidation sites excluding steroid dienone is 2. The molecule has 0 spiro atoms. The molecule has 2 aliphatic carbocycles. The first-order valence-corrected chi connectivity index (χ1v) is 7.72. The predicted molar refractivity (Wildman–Crippen MR) is 73.7 cm³/mol. The Morgan fingerprint density at radius 3 is 2.05 bits per heavy atom. The van der Waals surface area contributed by atoms with Gasteiger partial charge >= 0.3 is 0 Å². The Hall–Kier alpha value is -0.620. The number of imide groups is 1. The molecule has 2 bridgehead atoms. The minimum atomic E-state index is -0.0412. The molecule has 4 rings (SSSR count). The summed E-state index contributed by atoms with van der Waals surface area (Å²) in [4.78, 5) is 28.9. The summed E-state index contributed by atoms with van der Waals surface area (Å²) in [5.41, 5.74) is 0. The highest BCUT2D eigenvalue weighted by Crippen LogP contribution is 2.52. The number of fused-ring (bicyclic) bond motifs is 5. The highest BCUT2D eigenvalue weighted by Gasteiger charge is 2.58. The molecule has 2 amide bonds. The number of halogens is 2. The third-order valence-electron chi connectivity index (χ3n) is 5.41. The average molecular weight is 346 g/mol. The molecule has 4 unspecified atom stereocenters. The maximum absolute atomic E-state index is 12.5. The van der Waals surface area contributed by atoms with E-state index in [-0.39, 0.29) is 48.5 Å². The van der Waals surface area contributed by atoms with Crippen molar-refractivity contribution in [3.05, 3.63) is 12.2 Å². The summed E-state index contributed by atoms with van der Waals surface area (Å²) in [6.45, 7) is 5.42. The average Bonchev–Trinajstić information content (AvgIpc) is 3.13. The highest BCUT2D eigenvalue weighted by molar-refractivity contribution is 6.06. The van der Waals surface area contributed by atoms with Crippen LogP contribution in [0, 0.1) is 23.7 Å². The van der Waals surface area contributed by atoms with Crippen molar-refractivity contribution in [2.24, 2.45) is 23.7 Å². The molecular weight excluding hydrogens is 325 g/mol. The summed E-state index contributed by atoms with van der Waals surface area (Å²) in [6.07, 6.45) is 5.31. The van der Waals surface area contributed by atoms with Crippen LogP contribution < -0.4 is 30.1 Å². The van der Waals surface area contributed by atoms with Gasteiger partial charge in [-0.2, -0.15) is 0 Å². The van der Waals surface area contributed by atoms with E-state index < -0.39 is 0 Å². The quantitative estimate of drug-likeness (QED) is 0.408. The van der Waals surface area contributed by atoms with Crippen molar-refractivity contribution in [2.45, 2.75) is 6.42 Å². The van der Waals surface area contributed by atoms with Crippen LogP contribution in [0.3, 0.4) is 0 Å². The van der Waals surface area contributed by atoms with Crippen LogP contribution in [0.15, 0.2) is 12.2 Å². The van der Waals surface area contributed by atoms with Crippen LogP contribution in [0.5, 0.6) is 0 Å². The molecular formula is C15H21Cl2N3O2-2. The fourth-order valence-electron chi connectivity index (χ4n) is 4.36. The number of amides is 2. The van der Waals surface area contributed by atoms with E-state index in [9.17, 15) is 9.59 Å². The van der Waals surface area contributed by atoms with Crippen molar-refractivity contribution < 1.29 is 34.4 Å². The first-order chi connectivity index (χ1) is 9.75. The van der Waals surface area contributed by atoms with Crippen LogP contribution in [0.2, 0.25) is 0 Å². The zero-order valence-electron chi connectivity index (χ0n) is 12.4. The molecule has 22 heavy (non-hydrogen) atoms. The number of carbonyl (C=O) groups excluding carboxylic acids is 2. The van der Waals surface area contributed by atoms with E-state index in [0.717, 1.165) is 39.1 Å². The second-order valence-electron chi connectivity index (χ2n) is 6.42. The Labute approximate surface area is 143 Å². The van der Waals surface area contributed by atoms with Crippen molar-refractivity contribution >= 4 is 11.8 Å². The standard InChI is InChI=1S/C15H21N3O2.2ClH/c19-14-12-10-1-2-11(9-10)13(12)15(20)18(14)8-7-17-5-3-16-4-6-17;;/h1-2,10-13,16H,3-9H2;2*1H/p-2. The molecule has 2 heterocycles. The van der Waals surface area contributed by atoms with Gasteiger partial charge in [0.15, 0.2) is 0 Å². The molecule has 1 saturated carbocycles. The van der Waals surface area contributed by atoms with Crippen LogP contribution in [0.4, 0.5) is 0 Å². The van der Waals surface area contributed by atoms with Crippen LogP contribution >= 0.6 is 0 Å². The minimum absolute atomic E-state index is 0. The van der Waals surface area contributed by atoms with Crippen molar-refractivity contribution in [3.8, 4) is 0 Å². The minimum Gasteiger partial charge on any atom is -1.00 e. The van der Waals surface area contributed by atoms with Crippen LogP contribution in [-0.2, 0) is 9.59 Å². The Bertz CT molecular complexity index is 449. The largest absolute Gasteiger partial charge is 1.00 e. The number of carbonyl (C=O) groups is 2. The monoisotopic (exact) mass is 345 g/mol. The Morgan fingerprint density at radius 1 is 0.955 bits per heavy atom. The van der Waals surface area contributed by atoms with Gasteiger partial charge in [0.1, 0.15) is 0 Å². The third kappa shape index (κ3) is 2.68. The molecule has 1 N–H and O–H groups in total. The number of hydrogen-bond donors (Lipinski definition) is 1. The van der Waals surface area contributed by atoms with E-state index in [1.165, 1.54) is 0 Å². The zero-order valence-corrected chi connectivity index (χ0v) is 13.9. The normalized spacial score (nSPS) is 36.3. The molecule has 0 aromatic carbocycles. The molecule has 7 heteroatoms. The number of likely N-dealkylation sites (tertiary alicyclic amines) is 1. The van der Waals surface area contributed by atoms with E-state index in [1.54, 1.807) is 4.90 Å². The molecule has 2 aliphatic heterocycles. The smallest absolute Gasteiger partial charge is 0.233 e. The van der Waals surface area contributed by atoms with Crippen LogP contribution in [0.1, 0.15) is 6.42 Å². The first-order valence-electron chi connectivity index (χ1n) is 7.72. The molecule has 2 saturated heterocycles. The second-order valence-corrected chi connectivity index (χ2v) is 6.42. The number of hydrogen-bond acceptors (Lipinski definition) is 4. The van der Waals surface area contributed by atoms with Gasteiger partial charge in [-0.15, -0.1) is 0 Å². The molecule has 124 valence electrons. The fraction of sp³-hybridized carbons (Fsp3) is 0.733. The van der Waals surface area contributed by atoms with Crippen LogP contribution in [-0.4, -0.2) is 60.9 Å². The van der Waals surface area contributed by atoms with E-state index in [4.69, 9.17) is 0 Å². The summed E-state index contributed by atoms with van der Waals surface area (Å²) in [5, 5.41) is 3.32. The maximum Gasteiger partial charge on any atom is 0.233 e.